The largest absolute Gasteiger partial charge is 0.376 e. The van der Waals surface area contributed by atoms with Crippen molar-refractivity contribution in [1.29, 1.82) is 0 Å². The summed E-state index contributed by atoms with van der Waals surface area (Å²) in [4.78, 5) is 53.9. The Hall–Kier alpha value is -2.09. The molecule has 0 aromatic carbocycles. The number of carbonyl (C=O) groups excluding carboxylic acids is 4. The third kappa shape index (κ3) is 8.96. The maximum absolute atomic E-state index is 13.5. The minimum Gasteiger partial charge on any atom is -0.376 e. The number of ketones is 1. The number of aliphatic hydroxyl groups is 1. The minimum atomic E-state index is -2.07. The number of aliphatic hydroxyl groups excluding tert-OH is 1. The van der Waals surface area contributed by atoms with E-state index in [9.17, 15) is 33.0 Å². The lowest BCUT2D eigenvalue weighted by molar-refractivity contribution is -0.141. The van der Waals surface area contributed by atoms with Crippen LogP contribution >= 0.6 is 0 Å². The average molecular weight is 612 g/mol. The van der Waals surface area contributed by atoms with E-state index in [2.05, 4.69) is 21.3 Å². The molecule has 0 aromatic heterocycles. The van der Waals surface area contributed by atoms with Crippen LogP contribution in [0, 0.1) is 11.3 Å². The van der Waals surface area contributed by atoms with Gasteiger partial charge in [0.2, 0.25) is 11.7 Å². The quantitative estimate of drug-likeness (QED) is 0.134. The van der Waals surface area contributed by atoms with Crippen LogP contribution in [0.5, 0.6) is 0 Å². The maximum Gasteiger partial charge on any atom is 0.315 e. The summed E-state index contributed by atoms with van der Waals surface area (Å²) in [7, 11) is 0. The van der Waals surface area contributed by atoms with Crippen molar-refractivity contribution in [3.63, 3.8) is 0 Å². The van der Waals surface area contributed by atoms with Gasteiger partial charge in [0.25, 0.3) is 5.91 Å². The predicted octanol–water partition coefficient (Wildman–Crippen LogP) is 1.54. The zero-order valence-electron chi connectivity index (χ0n) is 25.2. The lowest BCUT2D eigenvalue weighted by Crippen LogP contribution is -2.64. The molecule has 3 saturated carbocycles. The maximum atomic E-state index is 13.5. The Labute approximate surface area is 251 Å². The van der Waals surface area contributed by atoms with Crippen molar-refractivity contribution in [2.75, 3.05) is 12.3 Å². The summed E-state index contributed by atoms with van der Waals surface area (Å²) in [6.07, 6.45) is 7.87. The highest BCUT2D eigenvalue weighted by molar-refractivity contribution is 7.79. The zero-order chi connectivity index (χ0) is 30.7. The Bertz CT molecular complexity index is 1040. The van der Waals surface area contributed by atoms with E-state index in [1.54, 1.807) is 4.90 Å². The molecule has 12 nitrogen and oxygen atoms in total. The van der Waals surface area contributed by atoms with Crippen molar-refractivity contribution in [2.24, 2.45) is 11.3 Å². The van der Waals surface area contributed by atoms with Crippen molar-refractivity contribution in [1.82, 2.24) is 26.2 Å². The normalized spacial score (nSPS) is 25.5. The second-order valence-corrected chi connectivity index (χ2v) is 14.8. The fourth-order valence-electron chi connectivity index (χ4n) is 6.33. The third-order valence-corrected chi connectivity index (χ3v) is 9.88. The number of likely N-dealkylation sites (tertiary alicyclic amines) is 1. The molecule has 4 amide bonds. The number of urea groups is 1. The van der Waals surface area contributed by atoms with Gasteiger partial charge in [0, 0.05) is 12.6 Å². The molecular weight excluding hydrogens is 562 g/mol. The highest BCUT2D eigenvalue weighted by Crippen LogP contribution is 2.34. The van der Waals surface area contributed by atoms with Gasteiger partial charge in [-0.15, -0.1) is 0 Å². The molecule has 0 spiro atoms. The number of amides is 4. The molecule has 5 atom stereocenters. The van der Waals surface area contributed by atoms with E-state index in [1.165, 1.54) is 0 Å². The van der Waals surface area contributed by atoms with Crippen LogP contribution in [0.25, 0.3) is 0 Å². The standard InChI is InChI=1S/C29H49N5O7S/c1-28(2,3)23(32-27(39)33-29(17-42(40)41)13-5-4-6-14-29)26(38)34-15-7-8-21(34)24(36)31-20(16-18-9-10-18)22(35)25(37)30-19-11-12-19/h18-21,23,26,38H,4-17H2,1-3H3,(H,30,37)(H,31,36)(H,40,41)(H2,32,33,39)/t20-,21-,23+,26?/m0/s1. The summed E-state index contributed by atoms with van der Waals surface area (Å²) in [5, 5.41) is 23.0. The smallest absolute Gasteiger partial charge is 0.315 e. The van der Waals surface area contributed by atoms with Gasteiger partial charge >= 0.3 is 6.03 Å². The van der Waals surface area contributed by atoms with Gasteiger partial charge in [-0.25, -0.2) is 9.00 Å². The van der Waals surface area contributed by atoms with Gasteiger partial charge in [0.05, 0.1) is 29.4 Å². The van der Waals surface area contributed by atoms with Gasteiger partial charge in [-0.05, 0) is 56.3 Å². The van der Waals surface area contributed by atoms with Crippen LogP contribution in [-0.2, 0) is 25.5 Å². The van der Waals surface area contributed by atoms with Crippen molar-refractivity contribution in [3.05, 3.63) is 0 Å². The molecule has 4 fully saturated rings. The number of hydrogen-bond acceptors (Lipinski definition) is 7. The van der Waals surface area contributed by atoms with Crippen LogP contribution in [0.15, 0.2) is 0 Å². The van der Waals surface area contributed by atoms with E-state index < -0.39 is 70.0 Å². The Morgan fingerprint density at radius 3 is 2.21 bits per heavy atom. The van der Waals surface area contributed by atoms with E-state index >= 15 is 0 Å². The number of carbonyl (C=O) groups is 4. The summed E-state index contributed by atoms with van der Waals surface area (Å²) >= 11 is -2.07. The fourth-order valence-corrected chi connectivity index (χ4v) is 7.17. The molecule has 6 N–H and O–H groups in total. The molecule has 1 saturated heterocycles. The van der Waals surface area contributed by atoms with Crippen molar-refractivity contribution >= 4 is 34.7 Å². The lowest BCUT2D eigenvalue weighted by Gasteiger charge is -2.42. The molecule has 238 valence electrons. The highest BCUT2D eigenvalue weighted by atomic mass is 32.2. The van der Waals surface area contributed by atoms with E-state index in [0.717, 1.165) is 44.9 Å². The first-order valence-corrected chi connectivity index (χ1v) is 16.8. The van der Waals surface area contributed by atoms with Crippen LogP contribution in [0.1, 0.15) is 97.8 Å². The van der Waals surface area contributed by atoms with Crippen LogP contribution in [0.4, 0.5) is 4.79 Å². The molecule has 0 bridgehead atoms. The molecule has 2 unspecified atom stereocenters. The third-order valence-electron chi connectivity index (χ3n) is 9.08. The zero-order valence-corrected chi connectivity index (χ0v) is 26.0. The van der Waals surface area contributed by atoms with Gasteiger partial charge in [-0.3, -0.25) is 19.3 Å². The summed E-state index contributed by atoms with van der Waals surface area (Å²) < 4.78 is 21.3. The van der Waals surface area contributed by atoms with Crippen LogP contribution in [0.3, 0.4) is 0 Å². The molecule has 1 aliphatic heterocycles. The van der Waals surface area contributed by atoms with Crippen LogP contribution in [-0.4, -0.2) is 90.6 Å². The number of rotatable bonds is 13. The molecule has 1 heterocycles. The van der Waals surface area contributed by atoms with E-state index in [-0.39, 0.29) is 11.8 Å². The molecule has 4 aliphatic rings. The van der Waals surface area contributed by atoms with E-state index in [1.807, 2.05) is 20.8 Å². The Kier molecular flexibility index (Phi) is 10.7. The van der Waals surface area contributed by atoms with Crippen molar-refractivity contribution < 1.29 is 33.0 Å². The second kappa shape index (κ2) is 13.7. The molecule has 4 rings (SSSR count). The Balaban J connectivity index is 1.43. The summed E-state index contributed by atoms with van der Waals surface area (Å²) in [6.45, 7) is 6.07. The average Bonchev–Trinajstić information content (AvgIpc) is 3.84. The fraction of sp³-hybridized carbons (Fsp3) is 0.862. The molecule has 0 aromatic rings. The number of hydrogen-bond donors (Lipinski definition) is 6. The van der Waals surface area contributed by atoms with Crippen molar-refractivity contribution in [2.45, 2.75) is 134 Å². The van der Waals surface area contributed by atoms with Crippen LogP contribution in [0.2, 0.25) is 0 Å². The summed E-state index contributed by atoms with van der Waals surface area (Å²) in [5.74, 6) is -1.44. The first-order valence-electron chi connectivity index (χ1n) is 15.5. The predicted molar refractivity (Wildman–Crippen MR) is 158 cm³/mol. The second-order valence-electron chi connectivity index (χ2n) is 13.9. The van der Waals surface area contributed by atoms with Gasteiger partial charge < -0.3 is 30.9 Å². The first-order chi connectivity index (χ1) is 19.8. The van der Waals surface area contributed by atoms with E-state index in [4.69, 9.17) is 0 Å². The highest BCUT2D eigenvalue weighted by Gasteiger charge is 2.45. The van der Waals surface area contributed by atoms with E-state index in [0.29, 0.717) is 44.6 Å². The summed E-state index contributed by atoms with van der Waals surface area (Å²) in [5.41, 5.74) is -1.40. The molecular formula is C29H49N5O7S. The lowest BCUT2D eigenvalue weighted by atomic mass is 9.83. The van der Waals surface area contributed by atoms with Gasteiger partial charge in [-0.2, -0.15) is 0 Å². The molecule has 3 aliphatic carbocycles. The number of nitrogens with zero attached hydrogens (tertiary/aromatic N) is 1. The van der Waals surface area contributed by atoms with Crippen molar-refractivity contribution in [3.8, 4) is 0 Å². The Morgan fingerprint density at radius 2 is 1.64 bits per heavy atom. The van der Waals surface area contributed by atoms with Gasteiger partial charge in [0.15, 0.2) is 11.1 Å². The topological polar surface area (TPSA) is 177 Å². The minimum absolute atomic E-state index is 0.0389. The molecule has 0 radical (unpaired) electrons. The Morgan fingerprint density at radius 1 is 0.976 bits per heavy atom. The monoisotopic (exact) mass is 611 g/mol. The van der Waals surface area contributed by atoms with Gasteiger partial charge in [-0.1, -0.05) is 52.9 Å². The van der Waals surface area contributed by atoms with Crippen LogP contribution < -0.4 is 21.3 Å². The summed E-state index contributed by atoms with van der Waals surface area (Å²) in [6, 6.07) is -2.90. The number of Topliss-reactive ketones (excluding diaryl/α,β-unsaturated/α-hetero) is 1. The first kappa shape index (κ1) is 32.8. The van der Waals surface area contributed by atoms with Gasteiger partial charge in [0.1, 0.15) is 6.23 Å². The molecule has 13 heteroatoms. The SMILES string of the molecule is CC(C)(C)[C@H](NC(=O)NC1(CS(=O)O)CCCCC1)C(O)N1CCC[C@H]1C(=O)N[C@@H](CC1CC1)C(=O)C(=O)NC1CC1. The molecule has 42 heavy (non-hydrogen) atoms. The number of nitrogens with one attached hydrogen (secondary N) is 4.